The third-order valence-corrected chi connectivity index (χ3v) is 12.0. The summed E-state index contributed by atoms with van der Waals surface area (Å²) in [6, 6.07) is 65.4. The summed E-state index contributed by atoms with van der Waals surface area (Å²) in [5, 5.41) is 9.71. The van der Waals surface area contributed by atoms with Crippen LogP contribution in [-0.4, -0.2) is 6.10 Å². The molecule has 1 aliphatic carbocycles. The van der Waals surface area contributed by atoms with Crippen molar-refractivity contribution < 1.29 is 9.15 Å². The van der Waals surface area contributed by atoms with Crippen molar-refractivity contribution in [3.8, 4) is 16.9 Å². The van der Waals surface area contributed by atoms with Crippen LogP contribution >= 0.6 is 0 Å². The minimum atomic E-state index is -0.0288. The summed E-state index contributed by atoms with van der Waals surface area (Å²) in [6.07, 6.45) is 6.84. The standard InChI is InChI=1S/C54H35NO2/c1-2-12-37-32-53-49(30-36(37)11-1)48-31-38(23-29-52(48)57-53)43-14-5-7-18-50(43)55(40-26-28-47-46-15-6-8-19-51(46)56-54(47)33-40)39-24-20-35(21-25-39)42-16-9-17-44-41-13-4-3-10-34(41)22-27-45(42)44/h1-33,48,52H. The van der Waals surface area contributed by atoms with Gasteiger partial charge in [-0.3, -0.25) is 0 Å². The Balaban J connectivity index is 1.00. The lowest BCUT2D eigenvalue weighted by molar-refractivity contribution is 0.269. The molecule has 0 saturated carbocycles. The first kappa shape index (κ1) is 31.9. The largest absolute Gasteiger partial charge is 0.485 e. The second kappa shape index (κ2) is 12.6. The van der Waals surface area contributed by atoms with E-state index in [-0.39, 0.29) is 12.0 Å². The zero-order valence-electron chi connectivity index (χ0n) is 31.0. The van der Waals surface area contributed by atoms with Gasteiger partial charge in [-0.15, -0.1) is 0 Å². The van der Waals surface area contributed by atoms with Crippen molar-refractivity contribution in [1.82, 2.24) is 0 Å². The van der Waals surface area contributed by atoms with E-state index in [1.807, 2.05) is 12.1 Å². The van der Waals surface area contributed by atoms with E-state index in [1.54, 1.807) is 0 Å². The Morgan fingerprint density at radius 3 is 2.04 bits per heavy atom. The number of fused-ring (bicyclic) bond motifs is 10. The van der Waals surface area contributed by atoms with Crippen LogP contribution in [0.3, 0.4) is 0 Å². The normalized spacial score (nSPS) is 15.9. The molecule has 0 radical (unpaired) electrons. The number of furan rings is 1. The highest BCUT2D eigenvalue weighted by Crippen LogP contribution is 2.48. The number of rotatable bonds is 5. The lowest BCUT2D eigenvalue weighted by Gasteiger charge is -2.29. The SMILES string of the molecule is C1=CC2Oc3cc4ccccc4cc3C2C=C1c1ccccc1N(c1ccc(-c2cccc3c2ccc2ccccc23)cc1)c1ccc2c(c1)oc1ccccc12. The number of nitrogens with zero attached hydrogens (tertiary/aromatic N) is 1. The monoisotopic (exact) mass is 729 g/mol. The molecule has 57 heavy (non-hydrogen) atoms. The van der Waals surface area contributed by atoms with Crippen molar-refractivity contribution in [2.24, 2.45) is 0 Å². The van der Waals surface area contributed by atoms with E-state index in [2.05, 4.69) is 193 Å². The molecule has 2 atom stereocenters. The Labute approximate surface area is 330 Å². The van der Waals surface area contributed by atoms with Crippen LogP contribution in [0.5, 0.6) is 5.75 Å². The fraction of sp³-hybridized carbons (Fsp3) is 0.0370. The minimum absolute atomic E-state index is 0.0288. The number of benzene rings is 9. The van der Waals surface area contributed by atoms with Crippen molar-refractivity contribution in [2.75, 3.05) is 4.90 Å². The summed E-state index contributed by atoms with van der Waals surface area (Å²) >= 11 is 0. The Morgan fingerprint density at radius 1 is 0.456 bits per heavy atom. The highest BCUT2D eigenvalue weighted by molar-refractivity contribution is 6.12. The molecule has 10 aromatic rings. The molecule has 9 aromatic carbocycles. The molecule has 0 spiro atoms. The molecule has 0 amide bonds. The van der Waals surface area contributed by atoms with Gasteiger partial charge in [-0.1, -0.05) is 140 Å². The van der Waals surface area contributed by atoms with Gasteiger partial charge in [-0.05, 0) is 104 Å². The maximum atomic E-state index is 6.53. The van der Waals surface area contributed by atoms with E-state index >= 15 is 0 Å². The lowest BCUT2D eigenvalue weighted by atomic mass is 9.85. The Hall–Kier alpha value is -7.36. The van der Waals surface area contributed by atoms with Crippen molar-refractivity contribution in [1.29, 1.82) is 0 Å². The lowest BCUT2D eigenvalue weighted by Crippen LogP contribution is -2.18. The molecule has 3 nitrogen and oxygen atoms in total. The Kier molecular flexibility index (Phi) is 7.05. The van der Waals surface area contributed by atoms with Crippen LogP contribution in [0.15, 0.2) is 205 Å². The van der Waals surface area contributed by atoms with Gasteiger partial charge in [0.2, 0.25) is 0 Å². The first-order valence-corrected chi connectivity index (χ1v) is 19.6. The maximum absolute atomic E-state index is 6.53. The number of anilines is 3. The molecule has 268 valence electrons. The summed E-state index contributed by atoms with van der Waals surface area (Å²) in [6.45, 7) is 0. The second-order valence-corrected chi connectivity index (χ2v) is 15.2. The number of hydrogen-bond acceptors (Lipinski definition) is 3. The first-order valence-electron chi connectivity index (χ1n) is 19.6. The summed E-state index contributed by atoms with van der Waals surface area (Å²) in [5.74, 6) is 1.09. The van der Waals surface area contributed by atoms with Crippen LogP contribution < -0.4 is 9.64 Å². The average Bonchev–Trinajstić information content (AvgIpc) is 3.83. The molecule has 0 saturated heterocycles. The van der Waals surface area contributed by atoms with Gasteiger partial charge in [0, 0.05) is 45.3 Å². The molecule has 1 aliphatic heterocycles. The topological polar surface area (TPSA) is 25.6 Å². The highest BCUT2D eigenvalue weighted by atomic mass is 16.5. The van der Waals surface area contributed by atoms with Gasteiger partial charge in [0.05, 0.1) is 5.69 Å². The maximum Gasteiger partial charge on any atom is 0.137 e. The van der Waals surface area contributed by atoms with Crippen LogP contribution in [0.2, 0.25) is 0 Å². The van der Waals surface area contributed by atoms with Gasteiger partial charge in [0.15, 0.2) is 0 Å². The predicted octanol–water partition coefficient (Wildman–Crippen LogP) is 14.7. The highest BCUT2D eigenvalue weighted by Gasteiger charge is 2.34. The zero-order chi connectivity index (χ0) is 37.5. The molecular weight excluding hydrogens is 695 g/mol. The zero-order valence-corrected chi connectivity index (χ0v) is 31.0. The van der Waals surface area contributed by atoms with Gasteiger partial charge in [-0.25, -0.2) is 0 Å². The minimum Gasteiger partial charge on any atom is -0.485 e. The van der Waals surface area contributed by atoms with Crippen LogP contribution in [0.25, 0.3) is 71.0 Å². The number of ether oxygens (including phenoxy) is 1. The Morgan fingerprint density at radius 2 is 1.14 bits per heavy atom. The molecule has 0 bridgehead atoms. The van der Waals surface area contributed by atoms with E-state index in [0.29, 0.717) is 0 Å². The van der Waals surface area contributed by atoms with Crippen LogP contribution in [0.4, 0.5) is 17.1 Å². The van der Waals surface area contributed by atoms with Crippen LogP contribution in [-0.2, 0) is 0 Å². The number of allylic oxidation sites excluding steroid dienone is 2. The molecule has 12 rings (SSSR count). The summed E-state index contributed by atoms with van der Waals surface area (Å²) < 4.78 is 13.0. The van der Waals surface area contributed by atoms with Gasteiger partial charge >= 0.3 is 0 Å². The van der Waals surface area contributed by atoms with Gasteiger partial charge in [0.25, 0.3) is 0 Å². The van der Waals surface area contributed by atoms with Crippen LogP contribution in [0.1, 0.15) is 17.0 Å². The van der Waals surface area contributed by atoms with Crippen molar-refractivity contribution >= 4 is 76.9 Å². The van der Waals surface area contributed by atoms with Crippen LogP contribution in [0, 0.1) is 0 Å². The van der Waals surface area contributed by atoms with Gasteiger partial charge in [0.1, 0.15) is 23.0 Å². The van der Waals surface area contributed by atoms with Crippen molar-refractivity contribution in [2.45, 2.75) is 12.0 Å². The Bertz CT molecular complexity index is 3300. The van der Waals surface area contributed by atoms with Gasteiger partial charge < -0.3 is 14.1 Å². The van der Waals surface area contributed by atoms with E-state index < -0.39 is 0 Å². The van der Waals surface area contributed by atoms with E-state index in [1.165, 1.54) is 54.6 Å². The molecular formula is C54H35NO2. The van der Waals surface area contributed by atoms with E-state index in [0.717, 1.165) is 50.3 Å². The molecule has 3 heteroatoms. The third kappa shape index (κ3) is 5.13. The summed E-state index contributed by atoms with van der Waals surface area (Å²) in [5.41, 5.74) is 10.9. The molecule has 2 aliphatic rings. The molecule has 0 fully saturated rings. The number of para-hydroxylation sites is 2. The molecule has 2 heterocycles. The van der Waals surface area contributed by atoms with E-state index in [4.69, 9.17) is 9.15 Å². The smallest absolute Gasteiger partial charge is 0.137 e. The first-order chi connectivity index (χ1) is 28.2. The quantitative estimate of drug-likeness (QED) is 0.165. The fourth-order valence-corrected chi connectivity index (χ4v) is 9.24. The molecule has 0 N–H and O–H groups in total. The second-order valence-electron chi connectivity index (χ2n) is 15.2. The van der Waals surface area contributed by atoms with Gasteiger partial charge in [-0.2, -0.15) is 0 Å². The summed E-state index contributed by atoms with van der Waals surface area (Å²) in [4.78, 5) is 2.37. The van der Waals surface area contributed by atoms with Crippen molar-refractivity contribution in [3.63, 3.8) is 0 Å². The predicted molar refractivity (Wildman–Crippen MR) is 237 cm³/mol. The average molecular weight is 730 g/mol. The molecule has 1 aromatic heterocycles. The molecule has 2 unspecified atom stereocenters. The number of hydrogen-bond donors (Lipinski definition) is 0. The summed E-state index contributed by atoms with van der Waals surface area (Å²) in [7, 11) is 0. The van der Waals surface area contributed by atoms with Crippen molar-refractivity contribution in [3.05, 3.63) is 211 Å². The third-order valence-electron chi connectivity index (χ3n) is 12.0. The fourth-order valence-electron chi connectivity index (χ4n) is 9.24. The van der Waals surface area contributed by atoms with E-state index in [9.17, 15) is 0 Å².